The molecule has 0 amide bonds. The standard InChI is InChI=1S/C16H20N2O3/c1-4-17-16-12(6-5-7-18-16)11-21-15-9-13(19-2)8-14(10-15)20-3/h5-10H,4,11H2,1-3H3,(H,17,18). The first-order valence-corrected chi connectivity index (χ1v) is 6.80. The van der Waals surface area contributed by atoms with Crippen LogP contribution in [0.25, 0.3) is 0 Å². The highest BCUT2D eigenvalue weighted by Crippen LogP contribution is 2.28. The molecule has 5 nitrogen and oxygen atoms in total. The molecule has 112 valence electrons. The second-order valence-corrected chi connectivity index (χ2v) is 4.38. The van der Waals surface area contributed by atoms with E-state index in [4.69, 9.17) is 14.2 Å². The molecular weight excluding hydrogens is 268 g/mol. The van der Waals surface area contributed by atoms with Crippen LogP contribution < -0.4 is 19.5 Å². The minimum absolute atomic E-state index is 0.423. The van der Waals surface area contributed by atoms with Crippen molar-refractivity contribution < 1.29 is 14.2 Å². The Kier molecular flexibility index (Phi) is 5.26. The van der Waals surface area contributed by atoms with E-state index in [0.717, 1.165) is 17.9 Å². The molecule has 1 heterocycles. The molecule has 21 heavy (non-hydrogen) atoms. The lowest BCUT2D eigenvalue weighted by Gasteiger charge is -2.12. The van der Waals surface area contributed by atoms with Crippen LogP contribution in [-0.2, 0) is 6.61 Å². The van der Waals surface area contributed by atoms with Crippen molar-refractivity contribution in [1.82, 2.24) is 4.98 Å². The summed E-state index contributed by atoms with van der Waals surface area (Å²) in [5, 5.41) is 3.22. The molecule has 0 bridgehead atoms. The van der Waals surface area contributed by atoms with Crippen molar-refractivity contribution in [2.45, 2.75) is 13.5 Å². The van der Waals surface area contributed by atoms with Gasteiger partial charge in [-0.05, 0) is 13.0 Å². The largest absolute Gasteiger partial charge is 0.496 e. The summed E-state index contributed by atoms with van der Waals surface area (Å²) in [5.41, 5.74) is 1.00. The molecular formula is C16H20N2O3. The number of ether oxygens (including phenoxy) is 3. The molecule has 5 heteroatoms. The van der Waals surface area contributed by atoms with E-state index in [-0.39, 0.29) is 0 Å². The number of rotatable bonds is 7. The molecule has 2 rings (SSSR count). The van der Waals surface area contributed by atoms with Gasteiger partial charge in [-0.1, -0.05) is 6.07 Å². The Balaban J connectivity index is 2.12. The zero-order valence-corrected chi connectivity index (χ0v) is 12.6. The average molecular weight is 288 g/mol. The second-order valence-electron chi connectivity index (χ2n) is 4.38. The Morgan fingerprint density at radius 3 is 2.33 bits per heavy atom. The van der Waals surface area contributed by atoms with Gasteiger partial charge < -0.3 is 19.5 Å². The van der Waals surface area contributed by atoms with Crippen LogP contribution in [0.2, 0.25) is 0 Å². The molecule has 1 aromatic carbocycles. The van der Waals surface area contributed by atoms with Gasteiger partial charge in [-0.2, -0.15) is 0 Å². The third-order valence-electron chi connectivity index (χ3n) is 2.95. The Hall–Kier alpha value is -2.43. The third-order valence-corrected chi connectivity index (χ3v) is 2.95. The average Bonchev–Trinajstić information content (AvgIpc) is 2.54. The van der Waals surface area contributed by atoms with E-state index in [1.54, 1.807) is 26.5 Å². The van der Waals surface area contributed by atoms with Crippen LogP contribution >= 0.6 is 0 Å². The summed E-state index contributed by atoms with van der Waals surface area (Å²) in [7, 11) is 3.23. The number of hydrogen-bond acceptors (Lipinski definition) is 5. The van der Waals surface area contributed by atoms with Crippen LogP contribution in [0.5, 0.6) is 17.2 Å². The molecule has 0 atom stereocenters. The van der Waals surface area contributed by atoms with E-state index in [0.29, 0.717) is 23.9 Å². The highest BCUT2D eigenvalue weighted by Gasteiger charge is 2.06. The van der Waals surface area contributed by atoms with Gasteiger partial charge in [0.05, 0.1) is 14.2 Å². The fourth-order valence-corrected chi connectivity index (χ4v) is 1.91. The van der Waals surface area contributed by atoms with Gasteiger partial charge >= 0.3 is 0 Å². The van der Waals surface area contributed by atoms with Crippen LogP contribution in [0.3, 0.4) is 0 Å². The molecule has 0 saturated heterocycles. The van der Waals surface area contributed by atoms with E-state index in [9.17, 15) is 0 Å². The Bertz CT molecular complexity index is 565. The molecule has 0 unspecified atom stereocenters. The van der Waals surface area contributed by atoms with Gasteiger partial charge in [0.15, 0.2) is 0 Å². The molecule has 0 aliphatic carbocycles. The minimum atomic E-state index is 0.423. The van der Waals surface area contributed by atoms with Gasteiger partial charge in [-0.3, -0.25) is 0 Å². The van der Waals surface area contributed by atoms with Gasteiger partial charge in [0.1, 0.15) is 29.7 Å². The summed E-state index contributed by atoms with van der Waals surface area (Å²) >= 11 is 0. The molecule has 0 aliphatic heterocycles. The first-order valence-electron chi connectivity index (χ1n) is 6.80. The van der Waals surface area contributed by atoms with Crippen molar-refractivity contribution in [2.75, 3.05) is 26.1 Å². The molecule has 0 fully saturated rings. The highest BCUT2D eigenvalue weighted by atomic mass is 16.5. The topological polar surface area (TPSA) is 52.6 Å². The first kappa shape index (κ1) is 15.0. The summed E-state index contributed by atoms with van der Waals surface area (Å²) in [5.74, 6) is 2.93. The molecule has 2 aromatic rings. The molecule has 0 spiro atoms. The number of methoxy groups -OCH3 is 2. The predicted octanol–water partition coefficient (Wildman–Crippen LogP) is 3.11. The zero-order chi connectivity index (χ0) is 15.1. The normalized spacial score (nSPS) is 10.0. The Morgan fingerprint density at radius 1 is 1.05 bits per heavy atom. The van der Waals surface area contributed by atoms with Crippen LogP contribution in [0.1, 0.15) is 12.5 Å². The van der Waals surface area contributed by atoms with Crippen molar-refractivity contribution in [3.05, 3.63) is 42.1 Å². The molecule has 1 N–H and O–H groups in total. The number of aromatic nitrogens is 1. The Morgan fingerprint density at radius 2 is 1.71 bits per heavy atom. The van der Waals surface area contributed by atoms with Crippen molar-refractivity contribution in [3.63, 3.8) is 0 Å². The van der Waals surface area contributed by atoms with Crippen LogP contribution in [-0.4, -0.2) is 25.7 Å². The minimum Gasteiger partial charge on any atom is -0.496 e. The maximum absolute atomic E-state index is 5.82. The fraction of sp³-hybridized carbons (Fsp3) is 0.312. The van der Waals surface area contributed by atoms with E-state index < -0.39 is 0 Å². The summed E-state index contributed by atoms with van der Waals surface area (Å²) in [6, 6.07) is 9.34. The van der Waals surface area contributed by atoms with E-state index >= 15 is 0 Å². The lowest BCUT2D eigenvalue weighted by Crippen LogP contribution is -2.05. The summed E-state index contributed by atoms with van der Waals surface area (Å²) in [6.07, 6.45) is 1.76. The summed E-state index contributed by atoms with van der Waals surface area (Å²) < 4.78 is 16.3. The monoisotopic (exact) mass is 288 g/mol. The lowest BCUT2D eigenvalue weighted by atomic mass is 10.2. The van der Waals surface area contributed by atoms with Gasteiger partial charge in [0, 0.05) is 36.5 Å². The number of nitrogens with zero attached hydrogens (tertiary/aromatic N) is 1. The van der Waals surface area contributed by atoms with Gasteiger partial charge in [0.2, 0.25) is 0 Å². The van der Waals surface area contributed by atoms with Crippen molar-refractivity contribution in [3.8, 4) is 17.2 Å². The number of anilines is 1. The predicted molar refractivity (Wildman–Crippen MR) is 82.3 cm³/mol. The number of benzene rings is 1. The fourth-order valence-electron chi connectivity index (χ4n) is 1.91. The SMILES string of the molecule is CCNc1ncccc1COc1cc(OC)cc(OC)c1. The van der Waals surface area contributed by atoms with E-state index in [1.807, 2.05) is 31.2 Å². The van der Waals surface area contributed by atoms with E-state index in [1.165, 1.54) is 0 Å². The third kappa shape index (κ3) is 4.02. The van der Waals surface area contributed by atoms with Gasteiger partial charge in [-0.15, -0.1) is 0 Å². The van der Waals surface area contributed by atoms with E-state index in [2.05, 4.69) is 10.3 Å². The lowest BCUT2D eigenvalue weighted by molar-refractivity contribution is 0.300. The highest BCUT2D eigenvalue weighted by molar-refractivity contribution is 5.45. The quantitative estimate of drug-likeness (QED) is 0.848. The zero-order valence-electron chi connectivity index (χ0n) is 12.6. The van der Waals surface area contributed by atoms with Crippen molar-refractivity contribution >= 4 is 5.82 Å². The van der Waals surface area contributed by atoms with Crippen molar-refractivity contribution in [1.29, 1.82) is 0 Å². The Labute approximate surface area is 124 Å². The molecule has 1 aromatic heterocycles. The number of pyridine rings is 1. The maximum atomic E-state index is 5.82. The first-order chi connectivity index (χ1) is 10.3. The van der Waals surface area contributed by atoms with Gasteiger partial charge in [0.25, 0.3) is 0 Å². The van der Waals surface area contributed by atoms with Crippen LogP contribution in [0, 0.1) is 0 Å². The maximum Gasteiger partial charge on any atom is 0.132 e. The molecule has 0 radical (unpaired) electrons. The second kappa shape index (κ2) is 7.38. The molecule has 0 saturated carbocycles. The smallest absolute Gasteiger partial charge is 0.132 e. The van der Waals surface area contributed by atoms with Crippen LogP contribution in [0.15, 0.2) is 36.5 Å². The summed E-state index contributed by atoms with van der Waals surface area (Å²) in [6.45, 7) is 3.27. The number of nitrogens with one attached hydrogen (secondary N) is 1. The summed E-state index contributed by atoms with van der Waals surface area (Å²) in [4.78, 5) is 4.31. The van der Waals surface area contributed by atoms with Crippen molar-refractivity contribution in [2.24, 2.45) is 0 Å². The van der Waals surface area contributed by atoms with Gasteiger partial charge in [-0.25, -0.2) is 4.98 Å². The molecule has 0 aliphatic rings. The van der Waals surface area contributed by atoms with Crippen LogP contribution in [0.4, 0.5) is 5.82 Å². The number of hydrogen-bond donors (Lipinski definition) is 1.